The number of rotatable bonds is 5. The molecule has 1 aromatic carbocycles. The minimum atomic E-state index is -1.03. The number of carboxylic acid groups (broad SMARTS) is 1. The van der Waals surface area contributed by atoms with Crippen molar-refractivity contribution in [3.05, 3.63) is 33.3 Å². The fraction of sp³-hybridized carbons (Fsp3) is 0.333. The van der Waals surface area contributed by atoms with Gasteiger partial charge in [0.05, 0.1) is 5.56 Å². The van der Waals surface area contributed by atoms with Crippen LogP contribution in [0.4, 0.5) is 0 Å². The predicted octanol–water partition coefficient (Wildman–Crippen LogP) is 3.04. The maximum atomic E-state index is 12.2. The number of hydrogen-bond acceptors (Lipinski definition) is 2. The van der Waals surface area contributed by atoms with E-state index in [1.807, 2.05) is 6.92 Å². The van der Waals surface area contributed by atoms with E-state index in [-0.39, 0.29) is 12.5 Å². The van der Waals surface area contributed by atoms with Gasteiger partial charge in [-0.05, 0) is 40.5 Å². The molecule has 1 N–H and O–H groups in total. The highest BCUT2D eigenvalue weighted by atomic mass is 79.9. The number of carbonyl (C=O) groups excluding carboxylic acids is 1. The van der Waals surface area contributed by atoms with Crippen LogP contribution in [0, 0.1) is 0 Å². The first-order valence-corrected chi connectivity index (χ1v) is 6.59. The van der Waals surface area contributed by atoms with Crippen LogP contribution in [0.2, 0.25) is 5.02 Å². The first-order valence-electron chi connectivity index (χ1n) is 5.41. The molecule has 0 fully saturated rings. The molecule has 0 aromatic heterocycles. The molecule has 4 nitrogen and oxygen atoms in total. The molecule has 0 aliphatic carbocycles. The summed E-state index contributed by atoms with van der Waals surface area (Å²) in [6.07, 6.45) is 0.692. The molecule has 0 radical (unpaired) electrons. The third-order valence-electron chi connectivity index (χ3n) is 2.27. The second-order valence-electron chi connectivity index (χ2n) is 3.74. The average Bonchev–Trinajstić information content (AvgIpc) is 2.30. The molecule has 0 heterocycles. The zero-order valence-corrected chi connectivity index (χ0v) is 12.2. The van der Waals surface area contributed by atoms with Crippen molar-refractivity contribution >= 4 is 39.4 Å². The molecule has 0 saturated heterocycles. The lowest BCUT2D eigenvalue weighted by Crippen LogP contribution is -2.36. The van der Waals surface area contributed by atoms with Crippen LogP contribution in [0.15, 0.2) is 22.7 Å². The Morgan fingerprint density at radius 3 is 2.67 bits per heavy atom. The largest absolute Gasteiger partial charge is 0.480 e. The molecule has 1 amide bonds. The van der Waals surface area contributed by atoms with E-state index in [9.17, 15) is 9.59 Å². The number of aliphatic carboxylic acids is 1. The lowest BCUT2D eigenvalue weighted by molar-refractivity contribution is -0.137. The van der Waals surface area contributed by atoms with Crippen molar-refractivity contribution < 1.29 is 14.7 Å². The number of nitrogens with zero attached hydrogens (tertiary/aromatic N) is 1. The highest BCUT2D eigenvalue weighted by Gasteiger charge is 2.20. The number of amides is 1. The van der Waals surface area contributed by atoms with Crippen LogP contribution in [-0.4, -0.2) is 35.0 Å². The molecule has 0 unspecified atom stereocenters. The Kier molecular flexibility index (Phi) is 5.62. The van der Waals surface area contributed by atoms with Gasteiger partial charge in [-0.15, -0.1) is 0 Å². The molecule has 0 bridgehead atoms. The van der Waals surface area contributed by atoms with Crippen molar-refractivity contribution in [3.8, 4) is 0 Å². The van der Waals surface area contributed by atoms with Crippen molar-refractivity contribution in [2.75, 3.05) is 13.1 Å². The molecule has 0 aliphatic rings. The van der Waals surface area contributed by atoms with Gasteiger partial charge in [0.1, 0.15) is 6.54 Å². The zero-order chi connectivity index (χ0) is 13.7. The molecule has 0 aliphatic heterocycles. The normalized spacial score (nSPS) is 10.2. The van der Waals surface area contributed by atoms with Gasteiger partial charge in [0.25, 0.3) is 5.91 Å². The zero-order valence-electron chi connectivity index (χ0n) is 9.82. The summed E-state index contributed by atoms with van der Waals surface area (Å²) in [6, 6.07) is 4.85. The van der Waals surface area contributed by atoms with E-state index < -0.39 is 5.97 Å². The van der Waals surface area contributed by atoms with Gasteiger partial charge in [-0.25, -0.2) is 0 Å². The Morgan fingerprint density at radius 1 is 1.44 bits per heavy atom. The standard InChI is InChI=1S/C12H13BrClNO3/c1-2-5-15(7-11(16)17)12(18)9-6-8(14)3-4-10(9)13/h3-4,6H,2,5,7H2,1H3,(H,16,17). The van der Waals surface area contributed by atoms with Crippen LogP contribution < -0.4 is 0 Å². The smallest absolute Gasteiger partial charge is 0.323 e. The number of carbonyl (C=O) groups is 2. The second kappa shape index (κ2) is 6.75. The monoisotopic (exact) mass is 333 g/mol. The number of benzene rings is 1. The minimum Gasteiger partial charge on any atom is -0.480 e. The first kappa shape index (κ1) is 15.0. The third-order valence-corrected chi connectivity index (χ3v) is 3.19. The van der Waals surface area contributed by atoms with Crippen molar-refractivity contribution in [2.45, 2.75) is 13.3 Å². The Bertz CT molecular complexity index is 465. The highest BCUT2D eigenvalue weighted by Crippen LogP contribution is 2.22. The van der Waals surface area contributed by atoms with Crippen LogP contribution in [-0.2, 0) is 4.79 Å². The molecule has 0 saturated carbocycles. The van der Waals surface area contributed by atoms with Gasteiger partial charge in [-0.2, -0.15) is 0 Å². The fourth-order valence-electron chi connectivity index (χ4n) is 1.52. The van der Waals surface area contributed by atoms with E-state index >= 15 is 0 Å². The van der Waals surface area contributed by atoms with Gasteiger partial charge in [0.15, 0.2) is 0 Å². The average molecular weight is 335 g/mol. The first-order chi connectivity index (χ1) is 8.45. The SMILES string of the molecule is CCCN(CC(=O)O)C(=O)c1cc(Cl)ccc1Br. The molecule has 18 heavy (non-hydrogen) atoms. The van der Waals surface area contributed by atoms with Crippen LogP contribution in [0.3, 0.4) is 0 Å². The van der Waals surface area contributed by atoms with Gasteiger partial charge in [-0.3, -0.25) is 9.59 Å². The van der Waals surface area contributed by atoms with Gasteiger partial charge in [-0.1, -0.05) is 18.5 Å². The van der Waals surface area contributed by atoms with Crippen molar-refractivity contribution in [2.24, 2.45) is 0 Å². The molecule has 0 atom stereocenters. The van der Waals surface area contributed by atoms with Crippen molar-refractivity contribution in [1.29, 1.82) is 0 Å². The van der Waals surface area contributed by atoms with E-state index in [1.165, 1.54) is 11.0 Å². The number of hydrogen-bond donors (Lipinski definition) is 1. The lowest BCUT2D eigenvalue weighted by Gasteiger charge is -2.20. The van der Waals surface area contributed by atoms with Crippen LogP contribution in [0.25, 0.3) is 0 Å². The van der Waals surface area contributed by atoms with Gasteiger partial charge in [0, 0.05) is 16.0 Å². The van der Waals surface area contributed by atoms with E-state index in [4.69, 9.17) is 16.7 Å². The molecule has 1 rings (SSSR count). The number of halogens is 2. The molecular weight excluding hydrogens is 321 g/mol. The van der Waals surface area contributed by atoms with Crippen molar-refractivity contribution in [3.63, 3.8) is 0 Å². The predicted molar refractivity (Wildman–Crippen MR) is 73.0 cm³/mol. The van der Waals surface area contributed by atoms with Gasteiger partial charge < -0.3 is 10.0 Å². The summed E-state index contributed by atoms with van der Waals surface area (Å²) < 4.78 is 0.600. The third kappa shape index (κ3) is 3.99. The Hall–Kier alpha value is -1.07. The summed E-state index contributed by atoms with van der Waals surface area (Å²) in [6.45, 7) is 1.96. The molecule has 0 spiro atoms. The van der Waals surface area contributed by atoms with Crippen LogP contribution in [0.5, 0.6) is 0 Å². The fourth-order valence-corrected chi connectivity index (χ4v) is 2.11. The number of carboxylic acids is 1. The maximum Gasteiger partial charge on any atom is 0.323 e. The topological polar surface area (TPSA) is 57.6 Å². The summed E-state index contributed by atoms with van der Waals surface area (Å²) in [5.74, 6) is -1.37. The summed E-state index contributed by atoms with van der Waals surface area (Å²) >= 11 is 9.10. The molecular formula is C12H13BrClNO3. The van der Waals surface area contributed by atoms with Gasteiger partial charge in [0.2, 0.25) is 0 Å². The van der Waals surface area contributed by atoms with E-state index in [0.29, 0.717) is 28.0 Å². The molecule has 1 aromatic rings. The molecule has 6 heteroatoms. The summed E-state index contributed by atoms with van der Waals surface area (Å²) in [7, 11) is 0. The molecule has 98 valence electrons. The summed E-state index contributed by atoms with van der Waals surface area (Å²) in [5.41, 5.74) is 0.372. The lowest BCUT2D eigenvalue weighted by atomic mass is 10.2. The Balaban J connectivity index is 3.01. The quantitative estimate of drug-likeness (QED) is 0.900. The second-order valence-corrected chi connectivity index (χ2v) is 5.04. The Morgan fingerprint density at radius 2 is 2.11 bits per heavy atom. The van der Waals surface area contributed by atoms with Crippen molar-refractivity contribution in [1.82, 2.24) is 4.90 Å². The van der Waals surface area contributed by atoms with E-state index in [0.717, 1.165) is 0 Å². The summed E-state index contributed by atoms with van der Waals surface area (Å²) in [5, 5.41) is 9.24. The van der Waals surface area contributed by atoms with Gasteiger partial charge >= 0.3 is 5.97 Å². The minimum absolute atomic E-state index is 0.314. The van der Waals surface area contributed by atoms with Crippen LogP contribution in [0.1, 0.15) is 23.7 Å². The maximum absolute atomic E-state index is 12.2. The Labute approximate surface area is 119 Å². The van der Waals surface area contributed by atoms with Crippen LogP contribution >= 0.6 is 27.5 Å². The van der Waals surface area contributed by atoms with E-state index in [1.54, 1.807) is 12.1 Å². The summed E-state index contributed by atoms with van der Waals surface area (Å²) in [4.78, 5) is 24.2. The van der Waals surface area contributed by atoms with E-state index in [2.05, 4.69) is 15.9 Å². The highest BCUT2D eigenvalue weighted by molar-refractivity contribution is 9.10.